The lowest BCUT2D eigenvalue weighted by molar-refractivity contribution is -0.128. The molecule has 0 aromatic heterocycles. The molecule has 1 aliphatic heterocycles. The maximum atomic E-state index is 11.5. The molecule has 0 bridgehead atoms. The van der Waals surface area contributed by atoms with Gasteiger partial charge in [-0.05, 0) is 19.2 Å². The van der Waals surface area contributed by atoms with Gasteiger partial charge in [-0.3, -0.25) is 15.1 Å². The van der Waals surface area contributed by atoms with Crippen LogP contribution in [0.25, 0.3) is 0 Å². The Morgan fingerprint density at radius 3 is 3.00 bits per heavy atom. The van der Waals surface area contributed by atoms with Gasteiger partial charge in [-0.25, -0.2) is 5.84 Å². The third kappa shape index (κ3) is 3.34. The third-order valence-electron chi connectivity index (χ3n) is 2.74. The van der Waals surface area contributed by atoms with Crippen molar-refractivity contribution in [3.8, 4) is 0 Å². The normalized spacial score (nSPS) is 23.1. The Bertz CT molecular complexity index is 210. The van der Waals surface area contributed by atoms with Gasteiger partial charge in [0.15, 0.2) is 0 Å². The van der Waals surface area contributed by atoms with Gasteiger partial charge in [0.2, 0.25) is 0 Å². The molecule has 3 N–H and O–H groups in total. The quantitative estimate of drug-likeness (QED) is 0.378. The molecule has 0 spiro atoms. The lowest BCUT2D eigenvalue weighted by atomic mass is 10.1. The summed E-state index contributed by atoms with van der Waals surface area (Å²) in [6.45, 7) is 0.376. The molecule has 0 aliphatic carbocycles. The fourth-order valence-electron chi connectivity index (χ4n) is 1.73. The van der Waals surface area contributed by atoms with E-state index in [2.05, 4.69) is 10.3 Å². The number of carbonyl (C=O) groups is 1. The maximum Gasteiger partial charge on any atom is 0.253 e. The highest BCUT2D eigenvalue weighted by molar-refractivity contribution is 7.99. The van der Waals surface area contributed by atoms with Gasteiger partial charge in [0.1, 0.15) is 6.04 Å². The zero-order chi connectivity index (χ0) is 11.3. The van der Waals surface area contributed by atoms with Crippen LogP contribution in [-0.2, 0) is 9.53 Å². The smallest absolute Gasteiger partial charge is 0.253 e. The fourth-order valence-corrected chi connectivity index (χ4v) is 3.01. The first kappa shape index (κ1) is 12.8. The van der Waals surface area contributed by atoms with E-state index in [-0.39, 0.29) is 11.9 Å². The second-order valence-corrected chi connectivity index (χ2v) is 4.81. The summed E-state index contributed by atoms with van der Waals surface area (Å²) in [6, 6.07) is 0.163. The molecule has 1 fully saturated rings. The molecule has 0 aromatic carbocycles. The van der Waals surface area contributed by atoms with E-state index in [9.17, 15) is 4.79 Å². The lowest BCUT2D eigenvalue weighted by Crippen LogP contribution is -2.53. The SMILES string of the molecule is COCC(C(=O)NN)N(C)C1CCSC1. The molecule has 6 heteroatoms. The van der Waals surface area contributed by atoms with Crippen molar-refractivity contribution in [2.45, 2.75) is 18.5 Å². The van der Waals surface area contributed by atoms with Crippen LogP contribution in [0.5, 0.6) is 0 Å². The van der Waals surface area contributed by atoms with Gasteiger partial charge < -0.3 is 4.74 Å². The van der Waals surface area contributed by atoms with E-state index >= 15 is 0 Å². The van der Waals surface area contributed by atoms with E-state index in [0.717, 1.165) is 12.2 Å². The van der Waals surface area contributed by atoms with E-state index in [4.69, 9.17) is 10.6 Å². The van der Waals surface area contributed by atoms with Gasteiger partial charge in [-0.1, -0.05) is 0 Å². The summed E-state index contributed by atoms with van der Waals surface area (Å²) in [5.74, 6) is 7.21. The van der Waals surface area contributed by atoms with Crippen molar-refractivity contribution in [2.24, 2.45) is 5.84 Å². The summed E-state index contributed by atoms with van der Waals surface area (Å²) in [7, 11) is 3.55. The summed E-state index contributed by atoms with van der Waals surface area (Å²) in [5.41, 5.74) is 2.19. The van der Waals surface area contributed by atoms with Crippen LogP contribution in [0.1, 0.15) is 6.42 Å². The van der Waals surface area contributed by atoms with Crippen molar-refractivity contribution >= 4 is 17.7 Å². The number of rotatable bonds is 5. The van der Waals surface area contributed by atoms with Crippen LogP contribution in [0.4, 0.5) is 0 Å². The van der Waals surface area contributed by atoms with E-state index in [1.165, 1.54) is 5.75 Å². The number of hydrogen-bond donors (Lipinski definition) is 2. The van der Waals surface area contributed by atoms with Crippen molar-refractivity contribution in [1.29, 1.82) is 0 Å². The van der Waals surface area contributed by atoms with Crippen LogP contribution in [0.15, 0.2) is 0 Å². The predicted molar refractivity (Wildman–Crippen MR) is 61.5 cm³/mol. The molecular weight excluding hydrogens is 214 g/mol. The van der Waals surface area contributed by atoms with Gasteiger partial charge in [0.05, 0.1) is 6.61 Å². The number of thioether (sulfide) groups is 1. The first-order valence-electron chi connectivity index (χ1n) is 4.99. The number of carbonyl (C=O) groups excluding carboxylic acids is 1. The van der Waals surface area contributed by atoms with E-state index < -0.39 is 0 Å². The number of nitrogens with two attached hydrogens (primary N) is 1. The van der Waals surface area contributed by atoms with E-state index in [0.29, 0.717) is 12.6 Å². The van der Waals surface area contributed by atoms with Crippen molar-refractivity contribution in [2.75, 3.05) is 32.3 Å². The largest absolute Gasteiger partial charge is 0.383 e. The third-order valence-corrected chi connectivity index (χ3v) is 3.89. The standard InChI is InChI=1S/C9H19N3O2S/c1-12(7-3-4-15-6-7)8(5-14-2)9(13)11-10/h7-8H,3-6,10H2,1-2H3,(H,11,13). The summed E-state index contributed by atoms with van der Waals surface area (Å²) in [5, 5.41) is 0. The maximum absolute atomic E-state index is 11.5. The monoisotopic (exact) mass is 233 g/mol. The van der Waals surface area contributed by atoms with E-state index in [1.54, 1.807) is 7.11 Å². The average Bonchev–Trinajstić information content (AvgIpc) is 2.77. The molecule has 1 heterocycles. The Labute approximate surface area is 94.7 Å². The highest BCUT2D eigenvalue weighted by atomic mass is 32.2. The molecule has 1 rings (SSSR count). The number of hydrazine groups is 1. The second-order valence-electron chi connectivity index (χ2n) is 3.66. The Balaban J connectivity index is 2.56. The van der Waals surface area contributed by atoms with Crippen LogP contribution < -0.4 is 11.3 Å². The topological polar surface area (TPSA) is 67.6 Å². The molecule has 0 saturated carbocycles. The summed E-state index contributed by atoms with van der Waals surface area (Å²) in [6.07, 6.45) is 1.12. The lowest BCUT2D eigenvalue weighted by Gasteiger charge is -2.30. The minimum absolute atomic E-state index is 0.184. The molecule has 5 nitrogen and oxygen atoms in total. The number of likely N-dealkylation sites (N-methyl/N-ethyl adjacent to an activating group) is 1. The van der Waals surface area contributed by atoms with Crippen LogP contribution in [0.2, 0.25) is 0 Å². The van der Waals surface area contributed by atoms with E-state index in [1.807, 2.05) is 18.8 Å². The zero-order valence-corrected chi connectivity index (χ0v) is 10.0. The summed E-state index contributed by atoms with van der Waals surface area (Å²) < 4.78 is 5.04. The zero-order valence-electron chi connectivity index (χ0n) is 9.23. The minimum atomic E-state index is -0.288. The number of ether oxygens (including phenoxy) is 1. The minimum Gasteiger partial charge on any atom is -0.383 e. The van der Waals surface area contributed by atoms with Crippen LogP contribution in [0.3, 0.4) is 0 Å². The van der Waals surface area contributed by atoms with Gasteiger partial charge in [0.25, 0.3) is 5.91 Å². The Morgan fingerprint density at radius 1 is 1.80 bits per heavy atom. The van der Waals surface area contributed by atoms with Crippen LogP contribution in [0, 0.1) is 0 Å². The number of nitrogens with zero attached hydrogens (tertiary/aromatic N) is 1. The average molecular weight is 233 g/mol. The van der Waals surface area contributed by atoms with Crippen LogP contribution in [-0.4, -0.2) is 55.2 Å². The number of hydrogen-bond acceptors (Lipinski definition) is 5. The molecule has 88 valence electrons. The molecule has 0 aromatic rings. The first-order valence-corrected chi connectivity index (χ1v) is 6.15. The Kier molecular flexibility index (Phi) is 5.38. The molecule has 0 radical (unpaired) electrons. The van der Waals surface area contributed by atoms with Crippen molar-refractivity contribution < 1.29 is 9.53 Å². The number of amides is 1. The molecule has 1 saturated heterocycles. The number of methoxy groups -OCH3 is 1. The molecule has 1 aliphatic rings. The van der Waals surface area contributed by atoms with Crippen molar-refractivity contribution in [3.05, 3.63) is 0 Å². The Hall–Kier alpha value is -0.300. The molecule has 2 atom stereocenters. The van der Waals surface area contributed by atoms with Gasteiger partial charge in [-0.2, -0.15) is 11.8 Å². The molecule has 1 amide bonds. The van der Waals surface area contributed by atoms with Gasteiger partial charge in [0, 0.05) is 18.9 Å². The van der Waals surface area contributed by atoms with Gasteiger partial charge in [-0.15, -0.1) is 0 Å². The van der Waals surface area contributed by atoms with Crippen LogP contribution >= 0.6 is 11.8 Å². The molecular formula is C9H19N3O2S. The fraction of sp³-hybridized carbons (Fsp3) is 0.889. The Morgan fingerprint density at radius 2 is 2.53 bits per heavy atom. The predicted octanol–water partition coefficient (Wildman–Crippen LogP) is -0.571. The summed E-state index contributed by atoms with van der Waals surface area (Å²) >= 11 is 1.92. The molecule has 15 heavy (non-hydrogen) atoms. The highest BCUT2D eigenvalue weighted by Crippen LogP contribution is 2.22. The summed E-state index contributed by atoms with van der Waals surface area (Å²) in [4.78, 5) is 13.6. The van der Waals surface area contributed by atoms with Crippen molar-refractivity contribution in [1.82, 2.24) is 10.3 Å². The second kappa shape index (κ2) is 6.32. The van der Waals surface area contributed by atoms with Crippen molar-refractivity contribution in [3.63, 3.8) is 0 Å². The first-order chi connectivity index (χ1) is 7.20. The van der Waals surface area contributed by atoms with Gasteiger partial charge >= 0.3 is 0 Å². The highest BCUT2D eigenvalue weighted by Gasteiger charge is 2.30. The number of nitrogens with one attached hydrogen (secondary N) is 1. The molecule has 2 unspecified atom stereocenters.